The summed E-state index contributed by atoms with van der Waals surface area (Å²) in [4.78, 5) is 12.3. The number of rotatable bonds is 4. The molecule has 0 unspecified atom stereocenters. The molecule has 6 nitrogen and oxygen atoms in total. The van der Waals surface area contributed by atoms with Crippen LogP contribution in [-0.2, 0) is 0 Å². The number of nitrogen functional groups attached to an aromatic ring is 1. The lowest BCUT2D eigenvalue weighted by Gasteiger charge is -2.13. The van der Waals surface area contributed by atoms with E-state index < -0.39 is 0 Å². The SMILES string of the molecule is Cc1cc(Br)cc(C)c1Nc1nc(N)nc(OC(C)C)n1. The predicted octanol–water partition coefficient (Wildman–Crippen LogP) is 3.36. The standard InChI is InChI=1S/C14H18BrN5O/c1-7(2)21-14-19-12(16)18-13(20-14)17-11-8(3)5-10(15)6-9(11)4/h5-7H,1-4H3,(H3,16,17,18,19,20). The molecule has 0 aliphatic heterocycles. The number of aryl methyl sites for hydroxylation is 2. The molecule has 1 aromatic carbocycles. The van der Waals surface area contributed by atoms with Crippen LogP contribution in [0.3, 0.4) is 0 Å². The van der Waals surface area contributed by atoms with E-state index in [0.717, 1.165) is 21.3 Å². The summed E-state index contributed by atoms with van der Waals surface area (Å²) in [6.45, 7) is 7.82. The summed E-state index contributed by atoms with van der Waals surface area (Å²) in [6, 6.07) is 4.25. The van der Waals surface area contributed by atoms with Crippen LogP contribution >= 0.6 is 15.9 Å². The molecule has 0 radical (unpaired) electrons. The average molecular weight is 352 g/mol. The Hall–Kier alpha value is -1.89. The van der Waals surface area contributed by atoms with Crippen molar-refractivity contribution in [1.82, 2.24) is 15.0 Å². The highest BCUT2D eigenvalue weighted by Gasteiger charge is 2.10. The third-order valence-corrected chi connectivity index (χ3v) is 3.17. The van der Waals surface area contributed by atoms with Gasteiger partial charge in [-0.3, -0.25) is 0 Å². The van der Waals surface area contributed by atoms with Crippen molar-refractivity contribution < 1.29 is 4.74 Å². The van der Waals surface area contributed by atoms with E-state index in [1.54, 1.807) is 0 Å². The Kier molecular flexibility index (Phi) is 4.62. The van der Waals surface area contributed by atoms with E-state index in [1.807, 2.05) is 39.8 Å². The number of nitrogens with zero attached hydrogens (tertiary/aromatic N) is 3. The minimum absolute atomic E-state index is 0.0317. The number of aromatic nitrogens is 3. The molecule has 0 saturated carbocycles. The molecule has 0 saturated heterocycles. The normalized spacial score (nSPS) is 10.8. The summed E-state index contributed by atoms with van der Waals surface area (Å²) in [7, 11) is 0. The Bertz CT molecular complexity index is 637. The first kappa shape index (κ1) is 15.5. The van der Waals surface area contributed by atoms with Gasteiger partial charge in [-0.2, -0.15) is 15.0 Å². The van der Waals surface area contributed by atoms with Gasteiger partial charge in [0.2, 0.25) is 11.9 Å². The zero-order chi connectivity index (χ0) is 15.6. The second-order valence-corrected chi connectivity index (χ2v) is 5.92. The maximum atomic E-state index is 5.70. The maximum absolute atomic E-state index is 5.70. The van der Waals surface area contributed by atoms with E-state index in [-0.39, 0.29) is 18.1 Å². The molecule has 21 heavy (non-hydrogen) atoms. The first-order chi connectivity index (χ1) is 9.85. The van der Waals surface area contributed by atoms with Gasteiger partial charge in [0.15, 0.2) is 0 Å². The fourth-order valence-corrected chi connectivity index (χ4v) is 2.60. The van der Waals surface area contributed by atoms with Crippen molar-refractivity contribution in [3.63, 3.8) is 0 Å². The lowest BCUT2D eigenvalue weighted by atomic mass is 10.1. The number of anilines is 3. The smallest absolute Gasteiger partial charge is 0.323 e. The van der Waals surface area contributed by atoms with Gasteiger partial charge in [0.05, 0.1) is 6.10 Å². The summed E-state index contributed by atoms with van der Waals surface area (Å²) < 4.78 is 6.49. The lowest BCUT2D eigenvalue weighted by Crippen LogP contribution is -2.12. The zero-order valence-electron chi connectivity index (χ0n) is 12.4. The molecule has 0 amide bonds. The molecule has 112 valence electrons. The Morgan fingerprint density at radius 2 is 1.76 bits per heavy atom. The van der Waals surface area contributed by atoms with Crippen LogP contribution in [0.2, 0.25) is 0 Å². The Labute approximate surface area is 132 Å². The van der Waals surface area contributed by atoms with Crippen LogP contribution in [0.25, 0.3) is 0 Å². The van der Waals surface area contributed by atoms with E-state index in [9.17, 15) is 0 Å². The van der Waals surface area contributed by atoms with Gasteiger partial charge >= 0.3 is 6.01 Å². The maximum Gasteiger partial charge on any atom is 0.323 e. The largest absolute Gasteiger partial charge is 0.461 e. The van der Waals surface area contributed by atoms with Crippen LogP contribution < -0.4 is 15.8 Å². The Morgan fingerprint density at radius 3 is 2.33 bits per heavy atom. The molecule has 2 aromatic rings. The topological polar surface area (TPSA) is 86.0 Å². The molecule has 1 heterocycles. The molecular formula is C14H18BrN5O. The number of hydrogen-bond donors (Lipinski definition) is 2. The van der Waals surface area contributed by atoms with Crippen LogP contribution in [0.15, 0.2) is 16.6 Å². The fourth-order valence-electron chi connectivity index (χ4n) is 1.91. The molecule has 0 spiro atoms. The van der Waals surface area contributed by atoms with Crippen LogP contribution in [0.5, 0.6) is 6.01 Å². The van der Waals surface area contributed by atoms with Crippen molar-refractivity contribution >= 4 is 33.5 Å². The number of hydrogen-bond acceptors (Lipinski definition) is 6. The van der Waals surface area contributed by atoms with Gasteiger partial charge in [0.25, 0.3) is 0 Å². The minimum atomic E-state index is -0.0317. The third kappa shape index (κ3) is 4.04. The van der Waals surface area contributed by atoms with Crippen molar-refractivity contribution in [3.8, 4) is 6.01 Å². The van der Waals surface area contributed by atoms with Crippen molar-refractivity contribution in [2.45, 2.75) is 33.8 Å². The number of benzene rings is 1. The van der Waals surface area contributed by atoms with Crippen LogP contribution in [-0.4, -0.2) is 21.1 Å². The minimum Gasteiger partial charge on any atom is -0.461 e. The highest BCUT2D eigenvalue weighted by Crippen LogP contribution is 2.27. The molecule has 0 aliphatic rings. The summed E-state index contributed by atoms with van der Waals surface area (Å²) in [6.07, 6.45) is -0.0317. The zero-order valence-corrected chi connectivity index (χ0v) is 14.0. The van der Waals surface area contributed by atoms with Crippen molar-refractivity contribution in [1.29, 1.82) is 0 Å². The van der Waals surface area contributed by atoms with E-state index in [2.05, 4.69) is 36.2 Å². The monoisotopic (exact) mass is 351 g/mol. The number of ether oxygens (including phenoxy) is 1. The van der Waals surface area contributed by atoms with Gasteiger partial charge in [0.1, 0.15) is 0 Å². The summed E-state index contributed by atoms with van der Waals surface area (Å²) in [5.41, 5.74) is 8.80. The molecule has 0 aliphatic carbocycles. The van der Waals surface area contributed by atoms with Crippen LogP contribution in [0.4, 0.5) is 17.6 Å². The second-order valence-electron chi connectivity index (χ2n) is 5.01. The second kappa shape index (κ2) is 6.26. The van der Waals surface area contributed by atoms with Gasteiger partial charge in [-0.1, -0.05) is 15.9 Å². The molecule has 7 heteroatoms. The molecule has 0 fully saturated rings. The highest BCUT2D eigenvalue weighted by molar-refractivity contribution is 9.10. The summed E-state index contributed by atoms with van der Waals surface area (Å²) in [5.74, 6) is 0.488. The van der Waals surface area contributed by atoms with Crippen molar-refractivity contribution in [3.05, 3.63) is 27.7 Å². The van der Waals surface area contributed by atoms with Crippen LogP contribution in [0.1, 0.15) is 25.0 Å². The fraction of sp³-hybridized carbons (Fsp3) is 0.357. The Balaban J connectivity index is 2.33. The molecule has 1 aromatic heterocycles. The molecular weight excluding hydrogens is 334 g/mol. The van der Waals surface area contributed by atoms with Crippen molar-refractivity contribution in [2.75, 3.05) is 11.1 Å². The predicted molar refractivity (Wildman–Crippen MR) is 86.9 cm³/mol. The highest BCUT2D eigenvalue weighted by atomic mass is 79.9. The number of nitrogens with two attached hydrogens (primary N) is 1. The molecule has 3 N–H and O–H groups in total. The summed E-state index contributed by atoms with van der Waals surface area (Å²) in [5, 5.41) is 3.18. The number of nitrogens with one attached hydrogen (secondary N) is 1. The van der Waals surface area contributed by atoms with E-state index in [1.165, 1.54) is 0 Å². The first-order valence-electron chi connectivity index (χ1n) is 6.57. The van der Waals surface area contributed by atoms with Crippen LogP contribution in [0, 0.1) is 13.8 Å². The van der Waals surface area contributed by atoms with Gasteiger partial charge in [-0.15, -0.1) is 0 Å². The lowest BCUT2D eigenvalue weighted by molar-refractivity contribution is 0.222. The Morgan fingerprint density at radius 1 is 1.14 bits per heavy atom. The van der Waals surface area contributed by atoms with Gasteiger partial charge in [0, 0.05) is 10.2 Å². The van der Waals surface area contributed by atoms with E-state index in [4.69, 9.17) is 10.5 Å². The van der Waals surface area contributed by atoms with Crippen molar-refractivity contribution in [2.24, 2.45) is 0 Å². The quantitative estimate of drug-likeness (QED) is 0.878. The van der Waals surface area contributed by atoms with E-state index in [0.29, 0.717) is 5.95 Å². The van der Waals surface area contributed by atoms with E-state index >= 15 is 0 Å². The van der Waals surface area contributed by atoms with Gasteiger partial charge < -0.3 is 15.8 Å². The van der Waals surface area contributed by atoms with Gasteiger partial charge in [-0.25, -0.2) is 0 Å². The molecule has 2 rings (SSSR count). The molecule has 0 atom stereocenters. The number of halogens is 1. The average Bonchev–Trinajstić information content (AvgIpc) is 2.32. The molecule has 0 bridgehead atoms. The van der Waals surface area contributed by atoms with Gasteiger partial charge in [-0.05, 0) is 51.0 Å². The summed E-state index contributed by atoms with van der Waals surface area (Å²) >= 11 is 3.47. The third-order valence-electron chi connectivity index (χ3n) is 2.71. The first-order valence-corrected chi connectivity index (χ1v) is 7.36.